The monoisotopic (exact) mass is 277 g/mol. The Morgan fingerprint density at radius 3 is 2.90 bits per heavy atom. The summed E-state index contributed by atoms with van der Waals surface area (Å²) in [5, 5.41) is 6.53. The van der Waals surface area contributed by atoms with Gasteiger partial charge in [-0.3, -0.25) is 9.48 Å². The Hall–Kier alpha value is -2.24. The van der Waals surface area contributed by atoms with E-state index in [1.807, 2.05) is 0 Å². The van der Waals surface area contributed by atoms with E-state index in [2.05, 4.69) is 10.4 Å². The van der Waals surface area contributed by atoms with Crippen LogP contribution in [0.25, 0.3) is 0 Å². The standard InChI is InChI=1S/C14H13F2N3O/c15-9-4-5-11(16)12(7-9)17-14(20)13-8-10-3-1-2-6-19(10)18-13/h4-5,7-8H,1-3,6H2,(H,17,20). The molecule has 0 bridgehead atoms. The van der Waals surface area contributed by atoms with Gasteiger partial charge in [-0.2, -0.15) is 5.10 Å². The number of amides is 1. The Labute approximate surface area is 114 Å². The summed E-state index contributed by atoms with van der Waals surface area (Å²) in [7, 11) is 0. The minimum Gasteiger partial charge on any atom is -0.318 e. The van der Waals surface area contributed by atoms with Crippen LogP contribution in [-0.2, 0) is 13.0 Å². The molecule has 0 saturated carbocycles. The van der Waals surface area contributed by atoms with Crippen molar-refractivity contribution in [3.8, 4) is 0 Å². The first-order chi connectivity index (χ1) is 9.63. The van der Waals surface area contributed by atoms with Crippen molar-refractivity contribution in [3.63, 3.8) is 0 Å². The molecular weight excluding hydrogens is 264 g/mol. The predicted octanol–water partition coefficient (Wildman–Crippen LogP) is 2.75. The molecule has 1 aromatic heterocycles. The third kappa shape index (κ3) is 2.41. The maximum atomic E-state index is 13.5. The van der Waals surface area contributed by atoms with E-state index in [0.717, 1.165) is 49.7 Å². The smallest absolute Gasteiger partial charge is 0.276 e. The van der Waals surface area contributed by atoms with Crippen LogP contribution in [-0.4, -0.2) is 15.7 Å². The summed E-state index contributed by atoms with van der Waals surface area (Å²) in [6, 6.07) is 4.62. The number of carbonyl (C=O) groups is 1. The number of anilines is 1. The lowest BCUT2D eigenvalue weighted by Crippen LogP contribution is -2.15. The number of halogens is 2. The molecule has 0 unspecified atom stereocenters. The number of fused-ring (bicyclic) bond motifs is 1. The first-order valence-electron chi connectivity index (χ1n) is 6.46. The van der Waals surface area contributed by atoms with Gasteiger partial charge in [0.25, 0.3) is 5.91 Å². The van der Waals surface area contributed by atoms with Gasteiger partial charge in [0.1, 0.15) is 11.6 Å². The predicted molar refractivity (Wildman–Crippen MR) is 69.5 cm³/mol. The lowest BCUT2D eigenvalue weighted by molar-refractivity contribution is 0.102. The van der Waals surface area contributed by atoms with Crippen LogP contribution in [0.1, 0.15) is 29.0 Å². The Kier molecular flexibility index (Phi) is 3.22. The molecule has 1 aliphatic rings. The van der Waals surface area contributed by atoms with E-state index in [4.69, 9.17) is 0 Å². The van der Waals surface area contributed by atoms with E-state index >= 15 is 0 Å². The average molecular weight is 277 g/mol. The highest BCUT2D eigenvalue weighted by molar-refractivity contribution is 6.03. The van der Waals surface area contributed by atoms with E-state index in [-0.39, 0.29) is 11.4 Å². The zero-order valence-electron chi connectivity index (χ0n) is 10.7. The summed E-state index contributed by atoms with van der Waals surface area (Å²) in [5.41, 5.74) is 1.05. The van der Waals surface area contributed by atoms with E-state index in [1.165, 1.54) is 0 Å². The molecule has 1 N–H and O–H groups in total. The van der Waals surface area contributed by atoms with E-state index in [1.54, 1.807) is 10.7 Å². The van der Waals surface area contributed by atoms with Crippen molar-refractivity contribution < 1.29 is 13.6 Å². The van der Waals surface area contributed by atoms with Gasteiger partial charge in [-0.15, -0.1) is 0 Å². The fourth-order valence-electron chi connectivity index (χ4n) is 2.31. The largest absolute Gasteiger partial charge is 0.318 e. The van der Waals surface area contributed by atoms with Crippen LogP contribution in [0.2, 0.25) is 0 Å². The summed E-state index contributed by atoms with van der Waals surface area (Å²) in [6.07, 6.45) is 2.99. The van der Waals surface area contributed by atoms with E-state index in [9.17, 15) is 13.6 Å². The number of nitrogens with zero attached hydrogens (tertiary/aromatic N) is 2. The van der Waals surface area contributed by atoms with Gasteiger partial charge < -0.3 is 5.32 Å². The molecule has 6 heteroatoms. The van der Waals surface area contributed by atoms with Gasteiger partial charge in [-0.25, -0.2) is 8.78 Å². The number of aromatic nitrogens is 2. The molecule has 20 heavy (non-hydrogen) atoms. The fraction of sp³-hybridized carbons (Fsp3) is 0.286. The molecule has 1 aliphatic heterocycles. The molecule has 0 atom stereocenters. The molecule has 104 valence electrons. The summed E-state index contributed by atoms with van der Waals surface area (Å²) < 4.78 is 28.3. The maximum absolute atomic E-state index is 13.5. The SMILES string of the molecule is O=C(Nc1cc(F)ccc1F)c1cc2n(n1)CCCC2. The summed E-state index contributed by atoms with van der Waals surface area (Å²) in [5.74, 6) is -1.81. The van der Waals surface area contributed by atoms with Crippen LogP contribution >= 0.6 is 0 Å². The molecule has 4 nitrogen and oxygen atoms in total. The topological polar surface area (TPSA) is 46.9 Å². The molecule has 2 aromatic rings. The molecule has 0 aliphatic carbocycles. The van der Waals surface area contributed by atoms with Crippen LogP contribution in [0.3, 0.4) is 0 Å². The van der Waals surface area contributed by atoms with Crippen LogP contribution in [0, 0.1) is 11.6 Å². The van der Waals surface area contributed by atoms with Gasteiger partial charge in [0.2, 0.25) is 0 Å². The highest BCUT2D eigenvalue weighted by atomic mass is 19.1. The van der Waals surface area contributed by atoms with Crippen molar-refractivity contribution in [3.05, 3.63) is 47.3 Å². The molecule has 3 rings (SSSR count). The van der Waals surface area contributed by atoms with Gasteiger partial charge in [0.05, 0.1) is 5.69 Å². The van der Waals surface area contributed by atoms with Gasteiger partial charge in [-0.1, -0.05) is 0 Å². The van der Waals surface area contributed by atoms with Crippen LogP contribution in [0.5, 0.6) is 0 Å². The van der Waals surface area contributed by atoms with Gasteiger partial charge in [0, 0.05) is 18.3 Å². The number of carbonyl (C=O) groups excluding carboxylic acids is 1. The molecule has 2 heterocycles. The van der Waals surface area contributed by atoms with Crippen molar-refractivity contribution in [1.29, 1.82) is 0 Å². The summed E-state index contributed by atoms with van der Waals surface area (Å²) >= 11 is 0. The van der Waals surface area contributed by atoms with Crippen molar-refractivity contribution >= 4 is 11.6 Å². The number of hydrogen-bond donors (Lipinski definition) is 1. The molecule has 0 spiro atoms. The van der Waals surface area contributed by atoms with Crippen molar-refractivity contribution in [2.75, 3.05) is 5.32 Å². The van der Waals surface area contributed by atoms with Gasteiger partial charge >= 0.3 is 0 Å². The van der Waals surface area contributed by atoms with Crippen LogP contribution in [0.15, 0.2) is 24.3 Å². The highest BCUT2D eigenvalue weighted by Gasteiger charge is 2.17. The van der Waals surface area contributed by atoms with Crippen molar-refractivity contribution in [2.45, 2.75) is 25.8 Å². The fourth-order valence-corrected chi connectivity index (χ4v) is 2.31. The first kappa shape index (κ1) is 12.8. The molecule has 0 radical (unpaired) electrons. The lowest BCUT2D eigenvalue weighted by atomic mass is 10.1. The second-order valence-electron chi connectivity index (χ2n) is 4.78. The zero-order chi connectivity index (χ0) is 14.1. The minimum absolute atomic E-state index is 0.180. The van der Waals surface area contributed by atoms with Crippen molar-refractivity contribution in [2.24, 2.45) is 0 Å². The zero-order valence-corrected chi connectivity index (χ0v) is 10.7. The normalized spacial score (nSPS) is 13.9. The number of aryl methyl sites for hydroxylation is 2. The number of nitrogens with one attached hydrogen (secondary N) is 1. The van der Waals surface area contributed by atoms with Gasteiger partial charge in [0.15, 0.2) is 5.69 Å². The summed E-state index contributed by atoms with van der Waals surface area (Å²) in [6.45, 7) is 0.789. The molecule has 1 amide bonds. The first-order valence-corrected chi connectivity index (χ1v) is 6.46. The second-order valence-corrected chi connectivity index (χ2v) is 4.78. The molecule has 0 fully saturated rings. The maximum Gasteiger partial charge on any atom is 0.276 e. The molecule has 1 aromatic carbocycles. The lowest BCUT2D eigenvalue weighted by Gasteiger charge is -2.11. The highest BCUT2D eigenvalue weighted by Crippen LogP contribution is 2.18. The van der Waals surface area contributed by atoms with E-state index < -0.39 is 17.5 Å². The quantitative estimate of drug-likeness (QED) is 0.917. The van der Waals surface area contributed by atoms with Crippen molar-refractivity contribution in [1.82, 2.24) is 9.78 Å². The second kappa shape index (κ2) is 5.03. The Morgan fingerprint density at radius 2 is 2.10 bits per heavy atom. The Bertz CT molecular complexity index is 643. The summed E-state index contributed by atoms with van der Waals surface area (Å²) in [4.78, 5) is 12.0. The third-order valence-electron chi connectivity index (χ3n) is 3.33. The molecule has 0 saturated heterocycles. The van der Waals surface area contributed by atoms with Gasteiger partial charge in [-0.05, 0) is 37.5 Å². The molecular formula is C14H13F2N3O. The minimum atomic E-state index is -0.677. The van der Waals surface area contributed by atoms with Crippen LogP contribution in [0.4, 0.5) is 14.5 Å². The van der Waals surface area contributed by atoms with E-state index in [0.29, 0.717) is 0 Å². The Balaban J connectivity index is 1.82. The van der Waals surface area contributed by atoms with Crippen LogP contribution < -0.4 is 5.32 Å². The number of rotatable bonds is 2. The third-order valence-corrected chi connectivity index (χ3v) is 3.33. The number of benzene rings is 1. The Morgan fingerprint density at radius 1 is 1.25 bits per heavy atom. The average Bonchev–Trinajstić information content (AvgIpc) is 2.87. The number of hydrogen-bond acceptors (Lipinski definition) is 2.